The molecule has 1 aromatic carbocycles. The van der Waals surface area contributed by atoms with Gasteiger partial charge in [-0.3, -0.25) is 0 Å². The van der Waals surface area contributed by atoms with Crippen LogP contribution in [-0.2, 0) is 0 Å². The van der Waals surface area contributed by atoms with E-state index >= 15 is 0 Å². The van der Waals surface area contributed by atoms with Gasteiger partial charge in [0.2, 0.25) is 0 Å². The van der Waals surface area contributed by atoms with Crippen molar-refractivity contribution in [3.8, 4) is 0 Å². The van der Waals surface area contributed by atoms with Crippen LogP contribution in [0.4, 0.5) is 0 Å². The molecule has 0 aliphatic rings. The van der Waals surface area contributed by atoms with Gasteiger partial charge in [-0.05, 0) is 6.07 Å². The molecule has 0 heterocycles. The lowest BCUT2D eigenvalue weighted by atomic mass is 10.3. The topological polar surface area (TPSA) is 0 Å². The van der Waals surface area contributed by atoms with Crippen LogP contribution in [0.1, 0.15) is 6.92 Å². The van der Waals surface area contributed by atoms with Crippen molar-refractivity contribution >= 4 is 68.0 Å². The summed E-state index contributed by atoms with van der Waals surface area (Å²) in [5.74, 6) is 0.960. The zero-order valence-corrected chi connectivity index (χ0v) is 11.8. The summed E-state index contributed by atoms with van der Waals surface area (Å²) in [6.07, 6.45) is 0. The zero-order chi connectivity index (χ0) is 10.7. The van der Waals surface area contributed by atoms with E-state index in [1.807, 2.05) is 6.92 Å². The molecule has 0 atom stereocenters. The second-order valence-corrected chi connectivity index (χ2v) is 6.45. The Labute approximate surface area is 111 Å². The minimum absolute atomic E-state index is 0.431. The van der Waals surface area contributed by atoms with Crippen LogP contribution < -0.4 is 0 Å². The van der Waals surface area contributed by atoms with E-state index in [0.717, 1.165) is 10.6 Å². The molecule has 0 aliphatic carbocycles. The predicted molar refractivity (Wildman–Crippen MR) is 70.5 cm³/mol. The van der Waals surface area contributed by atoms with Crippen molar-refractivity contribution in [2.75, 3.05) is 5.75 Å². The third-order valence-corrected chi connectivity index (χ3v) is 5.62. The summed E-state index contributed by atoms with van der Waals surface area (Å²) in [5.41, 5.74) is 0. The van der Waals surface area contributed by atoms with Gasteiger partial charge in [0.1, 0.15) is 0 Å². The first-order valence-corrected chi connectivity index (χ1v) is 7.53. The SMILES string of the molecule is CCSSc1c(Cl)c(Cl)cc(Cl)c1Cl. The smallest absolute Gasteiger partial charge is 0.0752 e. The molecule has 0 amide bonds. The van der Waals surface area contributed by atoms with E-state index in [1.165, 1.54) is 10.8 Å². The van der Waals surface area contributed by atoms with Gasteiger partial charge in [-0.2, -0.15) is 0 Å². The van der Waals surface area contributed by atoms with Crippen LogP contribution >= 0.6 is 68.0 Å². The minimum Gasteiger partial charge on any atom is -0.0891 e. The number of hydrogen-bond acceptors (Lipinski definition) is 2. The lowest BCUT2D eigenvalue weighted by Crippen LogP contribution is -1.79. The van der Waals surface area contributed by atoms with Crippen LogP contribution in [0.15, 0.2) is 11.0 Å². The lowest BCUT2D eigenvalue weighted by Gasteiger charge is -2.08. The molecule has 78 valence electrons. The highest BCUT2D eigenvalue weighted by Gasteiger charge is 2.14. The van der Waals surface area contributed by atoms with E-state index in [-0.39, 0.29) is 0 Å². The Morgan fingerprint density at radius 2 is 1.57 bits per heavy atom. The maximum atomic E-state index is 6.00. The Kier molecular flexibility index (Phi) is 5.61. The van der Waals surface area contributed by atoms with E-state index in [4.69, 9.17) is 46.4 Å². The van der Waals surface area contributed by atoms with Crippen molar-refractivity contribution in [1.29, 1.82) is 0 Å². The molecule has 0 unspecified atom stereocenters. The highest BCUT2D eigenvalue weighted by Crippen LogP contribution is 2.46. The second kappa shape index (κ2) is 5.97. The van der Waals surface area contributed by atoms with Crippen molar-refractivity contribution in [3.63, 3.8) is 0 Å². The number of hydrogen-bond donors (Lipinski definition) is 0. The maximum Gasteiger partial charge on any atom is 0.0752 e. The van der Waals surface area contributed by atoms with Gasteiger partial charge in [-0.15, -0.1) is 0 Å². The Hall–Kier alpha value is 1.08. The van der Waals surface area contributed by atoms with E-state index in [1.54, 1.807) is 16.9 Å². The Morgan fingerprint density at radius 3 is 2.00 bits per heavy atom. The summed E-state index contributed by atoms with van der Waals surface area (Å²) in [6.45, 7) is 2.05. The largest absolute Gasteiger partial charge is 0.0891 e. The minimum atomic E-state index is 0.431. The molecule has 1 aromatic rings. The molecule has 14 heavy (non-hydrogen) atoms. The quantitative estimate of drug-likeness (QED) is 0.491. The Bertz CT molecular complexity index is 314. The molecule has 6 heteroatoms. The normalized spacial score (nSPS) is 10.6. The molecule has 0 aliphatic heterocycles. The predicted octanol–water partition coefficient (Wildman–Crippen LogP) is 6.06. The van der Waals surface area contributed by atoms with Gasteiger partial charge in [0, 0.05) is 5.75 Å². The number of rotatable bonds is 3. The Morgan fingerprint density at radius 1 is 1.07 bits per heavy atom. The highest BCUT2D eigenvalue weighted by atomic mass is 35.5. The lowest BCUT2D eigenvalue weighted by molar-refractivity contribution is 1.47. The van der Waals surface area contributed by atoms with Crippen molar-refractivity contribution < 1.29 is 0 Å². The summed E-state index contributed by atoms with van der Waals surface area (Å²) >= 11 is 23.7. The monoisotopic (exact) mass is 306 g/mol. The summed E-state index contributed by atoms with van der Waals surface area (Å²) < 4.78 is 0. The summed E-state index contributed by atoms with van der Waals surface area (Å²) in [7, 11) is 3.12. The van der Waals surface area contributed by atoms with Gasteiger partial charge in [0.15, 0.2) is 0 Å². The fourth-order valence-electron chi connectivity index (χ4n) is 0.742. The summed E-state index contributed by atoms with van der Waals surface area (Å²) in [4.78, 5) is 0.734. The first-order chi connectivity index (χ1) is 6.57. The van der Waals surface area contributed by atoms with Gasteiger partial charge < -0.3 is 0 Å². The van der Waals surface area contributed by atoms with Crippen LogP contribution in [0.3, 0.4) is 0 Å². The standard InChI is InChI=1S/C8H6Cl4S2/c1-2-13-14-8-6(11)4(9)3-5(10)7(8)12/h3H,2H2,1H3. The van der Waals surface area contributed by atoms with E-state index in [2.05, 4.69) is 0 Å². The molecule has 0 nitrogen and oxygen atoms in total. The maximum absolute atomic E-state index is 6.00. The molecule has 0 bridgehead atoms. The van der Waals surface area contributed by atoms with Crippen LogP contribution in [0.5, 0.6) is 0 Å². The van der Waals surface area contributed by atoms with Gasteiger partial charge in [-0.1, -0.05) is 74.9 Å². The third-order valence-electron chi connectivity index (χ3n) is 1.33. The average Bonchev–Trinajstić information content (AvgIpc) is 2.15. The number of benzene rings is 1. The third kappa shape index (κ3) is 3.03. The fourth-order valence-corrected chi connectivity index (χ4v) is 3.98. The molecule has 1 rings (SSSR count). The molecular weight excluding hydrogens is 302 g/mol. The molecule has 0 spiro atoms. The van der Waals surface area contributed by atoms with Crippen molar-refractivity contribution in [3.05, 3.63) is 26.2 Å². The molecule has 0 fully saturated rings. The van der Waals surface area contributed by atoms with Gasteiger partial charge >= 0.3 is 0 Å². The first kappa shape index (κ1) is 13.1. The van der Waals surface area contributed by atoms with Gasteiger partial charge in [-0.25, -0.2) is 0 Å². The van der Waals surface area contributed by atoms with Gasteiger partial charge in [0.05, 0.1) is 25.0 Å². The van der Waals surface area contributed by atoms with Crippen LogP contribution in [0.2, 0.25) is 20.1 Å². The molecule has 0 radical (unpaired) electrons. The Balaban J connectivity index is 3.11. The summed E-state index contributed by atoms with van der Waals surface area (Å²) in [5, 5.41) is 1.79. The second-order valence-electron chi connectivity index (χ2n) is 2.29. The van der Waals surface area contributed by atoms with Crippen molar-refractivity contribution in [2.24, 2.45) is 0 Å². The van der Waals surface area contributed by atoms with Crippen LogP contribution in [0.25, 0.3) is 0 Å². The van der Waals surface area contributed by atoms with Crippen LogP contribution in [-0.4, -0.2) is 5.75 Å². The van der Waals surface area contributed by atoms with Gasteiger partial charge in [0.25, 0.3) is 0 Å². The molecule has 0 aromatic heterocycles. The average molecular weight is 308 g/mol. The van der Waals surface area contributed by atoms with E-state index in [9.17, 15) is 0 Å². The number of halogens is 4. The van der Waals surface area contributed by atoms with Crippen molar-refractivity contribution in [1.82, 2.24) is 0 Å². The first-order valence-electron chi connectivity index (χ1n) is 3.70. The molecular formula is C8H6Cl4S2. The van der Waals surface area contributed by atoms with E-state index in [0.29, 0.717) is 20.1 Å². The molecule has 0 saturated carbocycles. The van der Waals surface area contributed by atoms with Crippen molar-refractivity contribution in [2.45, 2.75) is 11.8 Å². The molecule has 0 N–H and O–H groups in total. The fraction of sp³-hybridized carbons (Fsp3) is 0.250. The van der Waals surface area contributed by atoms with E-state index < -0.39 is 0 Å². The summed E-state index contributed by atoms with van der Waals surface area (Å²) in [6, 6.07) is 1.55. The zero-order valence-electron chi connectivity index (χ0n) is 7.11. The van der Waals surface area contributed by atoms with Crippen LogP contribution in [0, 0.1) is 0 Å². The molecule has 0 saturated heterocycles. The highest BCUT2D eigenvalue weighted by molar-refractivity contribution is 8.76.